The summed E-state index contributed by atoms with van der Waals surface area (Å²) in [5.41, 5.74) is 2.11. The minimum atomic E-state index is -0.290. The van der Waals surface area contributed by atoms with Crippen LogP contribution in [0.4, 0.5) is 11.4 Å². The highest BCUT2D eigenvalue weighted by atomic mass is 79.9. The lowest BCUT2D eigenvalue weighted by Crippen LogP contribution is -2.22. The van der Waals surface area contributed by atoms with Gasteiger partial charge in [-0.25, -0.2) is 0 Å². The lowest BCUT2D eigenvalue weighted by atomic mass is 10.0. The van der Waals surface area contributed by atoms with Crippen molar-refractivity contribution >= 4 is 39.0 Å². The maximum absolute atomic E-state index is 12.8. The van der Waals surface area contributed by atoms with E-state index in [4.69, 9.17) is 0 Å². The topological polar surface area (TPSA) is 78.4 Å². The van der Waals surface area contributed by atoms with Gasteiger partial charge in [-0.1, -0.05) is 52.3 Å². The Hall–Kier alpha value is -3.12. The van der Waals surface area contributed by atoms with E-state index in [-0.39, 0.29) is 24.0 Å². The molecule has 0 aliphatic heterocycles. The van der Waals surface area contributed by atoms with Gasteiger partial charge in [-0.2, -0.15) is 0 Å². The predicted molar refractivity (Wildman–Crippen MR) is 109 cm³/mol. The van der Waals surface area contributed by atoms with Crippen molar-refractivity contribution in [2.45, 2.75) is 0 Å². The van der Waals surface area contributed by atoms with E-state index in [1.807, 2.05) is 6.07 Å². The van der Waals surface area contributed by atoms with Gasteiger partial charge in [-0.3, -0.25) is 9.59 Å². The number of carbonyl (C=O) groups is 2. The lowest BCUT2D eigenvalue weighted by molar-refractivity contribution is -0.114. The van der Waals surface area contributed by atoms with Crippen LogP contribution in [0.15, 0.2) is 77.3 Å². The molecular formula is C21H17BrN2O3. The molecule has 0 atom stereocenters. The van der Waals surface area contributed by atoms with Crippen LogP contribution in [0.25, 0.3) is 0 Å². The summed E-state index contributed by atoms with van der Waals surface area (Å²) in [6.45, 7) is -0.0215. The van der Waals surface area contributed by atoms with E-state index in [1.165, 1.54) is 12.1 Å². The van der Waals surface area contributed by atoms with Gasteiger partial charge < -0.3 is 15.7 Å². The third-order valence-corrected chi connectivity index (χ3v) is 4.32. The Bertz CT molecular complexity index is 974. The van der Waals surface area contributed by atoms with Gasteiger partial charge in [0.1, 0.15) is 5.75 Å². The molecule has 136 valence electrons. The Morgan fingerprint density at radius 1 is 0.926 bits per heavy atom. The number of nitrogens with one attached hydrogen (secondary N) is 2. The molecule has 3 rings (SSSR count). The van der Waals surface area contributed by atoms with Crippen molar-refractivity contribution in [1.29, 1.82) is 0 Å². The zero-order valence-corrected chi connectivity index (χ0v) is 15.9. The molecule has 6 heteroatoms. The van der Waals surface area contributed by atoms with E-state index in [2.05, 4.69) is 26.6 Å². The molecule has 3 aromatic carbocycles. The van der Waals surface area contributed by atoms with Gasteiger partial charge in [0.15, 0.2) is 5.78 Å². The highest BCUT2D eigenvalue weighted by Gasteiger charge is 2.15. The maximum atomic E-state index is 12.8. The van der Waals surface area contributed by atoms with Crippen LogP contribution in [-0.4, -0.2) is 23.3 Å². The third-order valence-electron chi connectivity index (χ3n) is 3.83. The zero-order chi connectivity index (χ0) is 19.2. The number of hydrogen-bond acceptors (Lipinski definition) is 4. The van der Waals surface area contributed by atoms with Crippen LogP contribution in [0.3, 0.4) is 0 Å². The molecule has 3 N–H and O–H groups in total. The van der Waals surface area contributed by atoms with Crippen molar-refractivity contribution < 1.29 is 14.7 Å². The molecular weight excluding hydrogens is 408 g/mol. The summed E-state index contributed by atoms with van der Waals surface area (Å²) < 4.78 is 0.775. The average molecular weight is 425 g/mol. The highest BCUT2D eigenvalue weighted by molar-refractivity contribution is 9.10. The number of aromatic hydroxyl groups is 1. The number of phenolic OH excluding ortho intramolecular Hbond substituents is 1. The SMILES string of the molecule is O=C(CNc1ccc(Br)cc1C(=O)c1ccccc1)Nc1cccc(O)c1. The van der Waals surface area contributed by atoms with E-state index in [0.29, 0.717) is 22.5 Å². The van der Waals surface area contributed by atoms with Crippen LogP contribution in [0.2, 0.25) is 0 Å². The first-order valence-electron chi connectivity index (χ1n) is 8.25. The maximum Gasteiger partial charge on any atom is 0.243 e. The molecule has 0 unspecified atom stereocenters. The Morgan fingerprint density at radius 3 is 2.44 bits per heavy atom. The molecule has 0 radical (unpaired) electrons. The fraction of sp³-hybridized carbons (Fsp3) is 0.0476. The predicted octanol–water partition coefficient (Wildman–Crippen LogP) is 4.44. The molecule has 0 saturated heterocycles. The van der Waals surface area contributed by atoms with Gasteiger partial charge in [0, 0.05) is 33.0 Å². The van der Waals surface area contributed by atoms with E-state index < -0.39 is 0 Å². The first-order valence-corrected chi connectivity index (χ1v) is 9.04. The van der Waals surface area contributed by atoms with Crippen molar-refractivity contribution in [2.24, 2.45) is 0 Å². The quantitative estimate of drug-likeness (QED) is 0.511. The Kier molecular flexibility index (Phi) is 5.88. The zero-order valence-electron chi connectivity index (χ0n) is 14.3. The van der Waals surface area contributed by atoms with Crippen LogP contribution in [0, 0.1) is 0 Å². The average Bonchev–Trinajstić information content (AvgIpc) is 2.67. The van der Waals surface area contributed by atoms with Crippen molar-refractivity contribution in [2.75, 3.05) is 17.2 Å². The molecule has 0 saturated carbocycles. The minimum absolute atomic E-state index is 0.0215. The molecule has 0 bridgehead atoms. The number of amides is 1. The van der Waals surface area contributed by atoms with E-state index in [9.17, 15) is 14.7 Å². The monoisotopic (exact) mass is 424 g/mol. The number of anilines is 2. The Labute approximate surface area is 165 Å². The normalized spacial score (nSPS) is 10.3. The molecule has 3 aromatic rings. The van der Waals surface area contributed by atoms with Gasteiger partial charge in [-0.05, 0) is 30.3 Å². The Balaban J connectivity index is 1.73. The molecule has 0 aliphatic carbocycles. The second kappa shape index (κ2) is 8.51. The van der Waals surface area contributed by atoms with E-state index in [1.54, 1.807) is 54.6 Å². The largest absolute Gasteiger partial charge is 0.508 e. The minimum Gasteiger partial charge on any atom is -0.508 e. The number of hydrogen-bond donors (Lipinski definition) is 3. The molecule has 0 aliphatic rings. The van der Waals surface area contributed by atoms with Crippen molar-refractivity contribution in [3.63, 3.8) is 0 Å². The summed E-state index contributed by atoms with van der Waals surface area (Å²) in [5, 5.41) is 15.2. The van der Waals surface area contributed by atoms with Gasteiger partial charge in [0.05, 0.1) is 6.54 Å². The second-order valence-corrected chi connectivity index (χ2v) is 6.75. The second-order valence-electron chi connectivity index (χ2n) is 5.84. The van der Waals surface area contributed by atoms with Crippen molar-refractivity contribution in [3.05, 3.63) is 88.4 Å². The van der Waals surface area contributed by atoms with E-state index in [0.717, 1.165) is 4.47 Å². The number of phenols is 1. The summed E-state index contributed by atoms with van der Waals surface area (Å²) in [6, 6.07) is 20.6. The van der Waals surface area contributed by atoms with Crippen molar-refractivity contribution in [3.8, 4) is 5.75 Å². The summed E-state index contributed by atoms with van der Waals surface area (Å²) in [6.07, 6.45) is 0. The number of ketones is 1. The number of benzene rings is 3. The smallest absolute Gasteiger partial charge is 0.243 e. The summed E-state index contributed by atoms with van der Waals surface area (Å²) in [7, 11) is 0. The first kappa shape index (κ1) is 18.7. The Morgan fingerprint density at radius 2 is 1.70 bits per heavy atom. The van der Waals surface area contributed by atoms with Gasteiger partial charge in [-0.15, -0.1) is 0 Å². The molecule has 1 amide bonds. The first-order chi connectivity index (χ1) is 13.0. The molecule has 0 fully saturated rings. The summed E-state index contributed by atoms with van der Waals surface area (Å²) in [4.78, 5) is 25.0. The van der Waals surface area contributed by atoms with Crippen LogP contribution in [-0.2, 0) is 4.79 Å². The van der Waals surface area contributed by atoms with Gasteiger partial charge in [0.2, 0.25) is 5.91 Å². The number of rotatable bonds is 6. The lowest BCUT2D eigenvalue weighted by Gasteiger charge is -2.12. The van der Waals surface area contributed by atoms with E-state index >= 15 is 0 Å². The highest BCUT2D eigenvalue weighted by Crippen LogP contribution is 2.24. The molecule has 0 heterocycles. The molecule has 27 heavy (non-hydrogen) atoms. The standard InChI is InChI=1S/C21H17BrN2O3/c22-15-9-10-19(18(11-15)21(27)14-5-2-1-3-6-14)23-13-20(26)24-16-7-4-8-17(25)12-16/h1-12,23,25H,13H2,(H,24,26). The molecule has 0 aromatic heterocycles. The van der Waals surface area contributed by atoms with Crippen molar-refractivity contribution in [1.82, 2.24) is 0 Å². The summed E-state index contributed by atoms with van der Waals surface area (Å²) >= 11 is 3.39. The van der Waals surface area contributed by atoms with Gasteiger partial charge in [0.25, 0.3) is 0 Å². The van der Waals surface area contributed by atoms with Gasteiger partial charge >= 0.3 is 0 Å². The number of halogens is 1. The summed E-state index contributed by atoms with van der Waals surface area (Å²) in [5.74, 6) is -0.348. The van der Waals surface area contributed by atoms with Crippen LogP contribution in [0.1, 0.15) is 15.9 Å². The van der Waals surface area contributed by atoms with Crippen LogP contribution < -0.4 is 10.6 Å². The number of carbonyl (C=O) groups excluding carboxylic acids is 2. The molecule has 0 spiro atoms. The molecule has 5 nitrogen and oxygen atoms in total. The van der Waals surface area contributed by atoms with Crippen LogP contribution in [0.5, 0.6) is 5.75 Å². The third kappa shape index (κ3) is 4.95. The van der Waals surface area contributed by atoms with Crippen LogP contribution >= 0.6 is 15.9 Å². The fourth-order valence-corrected chi connectivity index (χ4v) is 2.93. The fourth-order valence-electron chi connectivity index (χ4n) is 2.57.